The molecule has 1 rings (SSSR count). The molecule has 1 aliphatic rings. The van der Waals surface area contributed by atoms with Crippen LogP contribution in [0.25, 0.3) is 0 Å². The Morgan fingerprint density at radius 2 is 2.58 bits per heavy atom. The van der Waals surface area contributed by atoms with Crippen molar-refractivity contribution in [2.45, 2.75) is 19.0 Å². The molecule has 66 valence electrons. The molecule has 1 aliphatic heterocycles. The van der Waals surface area contributed by atoms with Crippen molar-refractivity contribution in [2.75, 3.05) is 11.6 Å². The van der Waals surface area contributed by atoms with Crippen molar-refractivity contribution in [3.8, 4) is 6.07 Å². The van der Waals surface area contributed by atoms with Crippen LogP contribution in [0.3, 0.4) is 0 Å². The quantitative estimate of drug-likeness (QED) is 0.612. The Labute approximate surface area is 75.7 Å². The number of hydrogen-bond acceptors (Lipinski definition) is 4. The maximum atomic E-state index is 11.4. The lowest BCUT2D eigenvalue weighted by Crippen LogP contribution is -2.44. The zero-order chi connectivity index (χ0) is 9.14. The Kier molecular flexibility index (Phi) is 2.95. The zero-order valence-electron chi connectivity index (χ0n) is 6.86. The third kappa shape index (κ3) is 1.71. The lowest BCUT2D eigenvalue weighted by molar-refractivity contribution is -0.131. The molecule has 0 spiro atoms. The number of rotatable bonds is 1. The molecule has 0 aromatic heterocycles. The second-order valence-electron chi connectivity index (χ2n) is 2.74. The highest BCUT2D eigenvalue weighted by molar-refractivity contribution is 7.99. The van der Waals surface area contributed by atoms with E-state index in [-0.39, 0.29) is 11.9 Å². The first-order valence-electron chi connectivity index (χ1n) is 3.70. The fraction of sp³-hybridized carbons (Fsp3) is 0.714. The second kappa shape index (κ2) is 3.78. The summed E-state index contributed by atoms with van der Waals surface area (Å²) in [5, 5.41) is 8.67. The maximum absolute atomic E-state index is 11.4. The Balaban J connectivity index is 2.63. The van der Waals surface area contributed by atoms with Gasteiger partial charge in [-0.1, -0.05) is 0 Å². The summed E-state index contributed by atoms with van der Waals surface area (Å²) in [5.74, 6) is 1.17. The summed E-state index contributed by atoms with van der Waals surface area (Å²) in [6.07, 6.45) is 0. The van der Waals surface area contributed by atoms with Gasteiger partial charge >= 0.3 is 0 Å². The van der Waals surface area contributed by atoms with Gasteiger partial charge in [0.1, 0.15) is 6.04 Å². The van der Waals surface area contributed by atoms with Crippen LogP contribution in [0.1, 0.15) is 6.92 Å². The molecule has 2 N–H and O–H groups in total. The van der Waals surface area contributed by atoms with Gasteiger partial charge in [-0.25, -0.2) is 0 Å². The highest BCUT2D eigenvalue weighted by Crippen LogP contribution is 2.20. The van der Waals surface area contributed by atoms with Gasteiger partial charge in [-0.2, -0.15) is 5.26 Å². The van der Waals surface area contributed by atoms with E-state index in [0.29, 0.717) is 11.6 Å². The first kappa shape index (κ1) is 9.36. The van der Waals surface area contributed by atoms with Crippen LogP contribution in [-0.2, 0) is 4.79 Å². The number of thioether (sulfide) groups is 1. The third-order valence-electron chi connectivity index (χ3n) is 1.70. The Morgan fingerprint density at radius 3 is 3.08 bits per heavy atom. The van der Waals surface area contributed by atoms with Crippen LogP contribution in [-0.4, -0.2) is 34.5 Å². The van der Waals surface area contributed by atoms with E-state index in [1.807, 2.05) is 0 Å². The molecule has 0 saturated carbocycles. The molecule has 0 bridgehead atoms. The monoisotopic (exact) mass is 185 g/mol. The number of carbonyl (C=O) groups is 1. The van der Waals surface area contributed by atoms with Crippen molar-refractivity contribution in [3.05, 3.63) is 0 Å². The van der Waals surface area contributed by atoms with Gasteiger partial charge < -0.3 is 10.6 Å². The van der Waals surface area contributed by atoms with Gasteiger partial charge in [-0.15, -0.1) is 11.8 Å². The van der Waals surface area contributed by atoms with Crippen molar-refractivity contribution in [1.82, 2.24) is 4.90 Å². The SMILES string of the molecule is CC(N)C(=O)N1CSCC1C#N. The van der Waals surface area contributed by atoms with Crippen molar-refractivity contribution in [3.63, 3.8) is 0 Å². The van der Waals surface area contributed by atoms with Gasteiger partial charge in [-0.05, 0) is 6.92 Å². The first-order chi connectivity index (χ1) is 5.66. The molecule has 1 fully saturated rings. The summed E-state index contributed by atoms with van der Waals surface area (Å²) < 4.78 is 0. The number of nitriles is 1. The summed E-state index contributed by atoms with van der Waals surface area (Å²) in [5.41, 5.74) is 5.42. The molecule has 1 saturated heterocycles. The van der Waals surface area contributed by atoms with E-state index in [9.17, 15) is 4.79 Å². The van der Waals surface area contributed by atoms with Crippen LogP contribution in [0, 0.1) is 11.3 Å². The smallest absolute Gasteiger partial charge is 0.240 e. The summed E-state index contributed by atoms with van der Waals surface area (Å²) >= 11 is 1.59. The third-order valence-corrected chi connectivity index (χ3v) is 2.72. The Morgan fingerprint density at radius 1 is 1.92 bits per heavy atom. The standard InChI is InChI=1S/C7H11N3OS/c1-5(9)7(11)10-4-12-3-6(10)2-8/h5-6H,3-4,9H2,1H3. The van der Waals surface area contributed by atoms with Crippen LogP contribution in [0.2, 0.25) is 0 Å². The average Bonchev–Trinajstić information content (AvgIpc) is 2.49. The molecule has 12 heavy (non-hydrogen) atoms. The van der Waals surface area contributed by atoms with Gasteiger partial charge in [-0.3, -0.25) is 4.79 Å². The summed E-state index contributed by atoms with van der Waals surface area (Å²) in [4.78, 5) is 12.9. The van der Waals surface area contributed by atoms with E-state index in [4.69, 9.17) is 11.0 Å². The van der Waals surface area contributed by atoms with E-state index in [2.05, 4.69) is 6.07 Å². The number of nitrogens with two attached hydrogens (primary N) is 1. The zero-order valence-corrected chi connectivity index (χ0v) is 7.67. The molecule has 1 heterocycles. The van der Waals surface area contributed by atoms with Gasteiger partial charge in [0.05, 0.1) is 18.0 Å². The molecule has 1 amide bonds. The molecule has 4 nitrogen and oxygen atoms in total. The van der Waals surface area contributed by atoms with Gasteiger partial charge in [0.25, 0.3) is 0 Å². The van der Waals surface area contributed by atoms with E-state index in [0.717, 1.165) is 0 Å². The molecular weight excluding hydrogens is 174 g/mol. The average molecular weight is 185 g/mol. The fourth-order valence-electron chi connectivity index (χ4n) is 1.03. The van der Waals surface area contributed by atoms with Crippen LogP contribution < -0.4 is 5.73 Å². The summed E-state index contributed by atoms with van der Waals surface area (Å²) in [6, 6.07) is 1.29. The van der Waals surface area contributed by atoms with E-state index in [1.165, 1.54) is 4.90 Å². The lowest BCUT2D eigenvalue weighted by Gasteiger charge is -2.20. The van der Waals surface area contributed by atoms with Crippen LogP contribution in [0.5, 0.6) is 0 Å². The minimum atomic E-state index is -0.500. The largest absolute Gasteiger partial charge is 0.320 e. The summed E-state index contributed by atoms with van der Waals surface area (Å²) in [6.45, 7) is 1.64. The molecule has 5 heteroatoms. The Hall–Kier alpha value is -0.730. The minimum absolute atomic E-state index is 0.133. The van der Waals surface area contributed by atoms with Crippen LogP contribution >= 0.6 is 11.8 Å². The van der Waals surface area contributed by atoms with E-state index >= 15 is 0 Å². The van der Waals surface area contributed by atoms with Crippen LogP contribution in [0.15, 0.2) is 0 Å². The lowest BCUT2D eigenvalue weighted by atomic mass is 10.2. The normalized spacial score (nSPS) is 25.1. The van der Waals surface area contributed by atoms with Crippen molar-refractivity contribution >= 4 is 17.7 Å². The topological polar surface area (TPSA) is 70.1 Å². The molecule has 2 atom stereocenters. The van der Waals surface area contributed by atoms with Crippen molar-refractivity contribution in [1.29, 1.82) is 5.26 Å². The predicted octanol–water partition coefficient (Wildman–Crippen LogP) is -0.241. The van der Waals surface area contributed by atoms with Gasteiger partial charge in [0.2, 0.25) is 5.91 Å². The first-order valence-corrected chi connectivity index (χ1v) is 4.85. The number of amides is 1. The highest BCUT2D eigenvalue weighted by Gasteiger charge is 2.30. The second-order valence-corrected chi connectivity index (χ2v) is 3.74. The van der Waals surface area contributed by atoms with E-state index in [1.54, 1.807) is 18.7 Å². The molecule has 0 aromatic carbocycles. The van der Waals surface area contributed by atoms with Gasteiger partial charge in [0.15, 0.2) is 0 Å². The Bertz CT molecular complexity index is 223. The molecular formula is C7H11N3OS. The maximum Gasteiger partial charge on any atom is 0.240 e. The number of carbonyl (C=O) groups excluding carboxylic acids is 1. The van der Waals surface area contributed by atoms with E-state index < -0.39 is 6.04 Å². The fourth-order valence-corrected chi connectivity index (χ4v) is 2.12. The molecule has 0 radical (unpaired) electrons. The molecule has 0 aromatic rings. The number of hydrogen-bond donors (Lipinski definition) is 1. The van der Waals surface area contributed by atoms with Crippen molar-refractivity contribution in [2.24, 2.45) is 5.73 Å². The summed E-state index contributed by atoms with van der Waals surface area (Å²) in [7, 11) is 0. The number of nitrogens with zero attached hydrogens (tertiary/aromatic N) is 2. The van der Waals surface area contributed by atoms with Crippen molar-refractivity contribution < 1.29 is 4.79 Å². The van der Waals surface area contributed by atoms with Gasteiger partial charge in [0, 0.05) is 5.75 Å². The predicted molar refractivity (Wildman–Crippen MR) is 47.2 cm³/mol. The highest BCUT2D eigenvalue weighted by atomic mass is 32.2. The molecule has 0 aliphatic carbocycles. The molecule has 2 unspecified atom stereocenters. The van der Waals surface area contributed by atoms with Crippen LogP contribution in [0.4, 0.5) is 0 Å². The minimum Gasteiger partial charge on any atom is -0.320 e.